The summed E-state index contributed by atoms with van der Waals surface area (Å²) >= 11 is 0. The van der Waals surface area contributed by atoms with Crippen molar-refractivity contribution in [1.29, 1.82) is 0 Å². The molecule has 0 spiro atoms. The SMILES string of the molecule is CN1C(=O)c2ccccc2C(NC(=O)Nc2ccccc2)C1=O. The number of hydrogen-bond acceptors (Lipinski definition) is 3. The molecule has 0 aromatic heterocycles. The Bertz CT molecular complexity index is 774. The topological polar surface area (TPSA) is 78.5 Å². The second kappa shape index (κ2) is 5.92. The molecule has 6 heteroatoms. The number of imide groups is 1. The fourth-order valence-electron chi connectivity index (χ4n) is 2.51. The normalized spacial score (nSPS) is 16.7. The van der Waals surface area contributed by atoms with Crippen LogP contribution >= 0.6 is 0 Å². The number of urea groups is 1. The summed E-state index contributed by atoms with van der Waals surface area (Å²) in [6.07, 6.45) is 0. The lowest BCUT2D eigenvalue weighted by Gasteiger charge is -2.30. The summed E-state index contributed by atoms with van der Waals surface area (Å²) in [7, 11) is 1.41. The predicted molar refractivity (Wildman–Crippen MR) is 84.9 cm³/mol. The van der Waals surface area contributed by atoms with Gasteiger partial charge in [-0.3, -0.25) is 14.5 Å². The molecule has 0 bridgehead atoms. The highest BCUT2D eigenvalue weighted by atomic mass is 16.2. The molecule has 23 heavy (non-hydrogen) atoms. The summed E-state index contributed by atoms with van der Waals surface area (Å²) in [5.41, 5.74) is 1.54. The molecular formula is C17H15N3O3. The molecule has 2 N–H and O–H groups in total. The van der Waals surface area contributed by atoms with Crippen LogP contribution in [0.15, 0.2) is 54.6 Å². The molecule has 1 aliphatic heterocycles. The number of para-hydroxylation sites is 1. The highest BCUT2D eigenvalue weighted by Crippen LogP contribution is 2.26. The molecule has 1 aliphatic rings. The number of carbonyl (C=O) groups excluding carboxylic acids is 3. The maximum atomic E-state index is 12.3. The minimum absolute atomic E-state index is 0.368. The zero-order valence-corrected chi connectivity index (χ0v) is 12.4. The molecule has 0 saturated carbocycles. The zero-order chi connectivity index (χ0) is 16.4. The number of anilines is 1. The van der Waals surface area contributed by atoms with E-state index in [1.165, 1.54) is 7.05 Å². The molecule has 2 aromatic rings. The molecule has 0 fully saturated rings. The van der Waals surface area contributed by atoms with Crippen molar-refractivity contribution in [2.75, 3.05) is 12.4 Å². The average molecular weight is 309 g/mol. The Kier molecular flexibility index (Phi) is 3.80. The number of nitrogens with zero attached hydrogens (tertiary/aromatic N) is 1. The molecule has 0 saturated heterocycles. The van der Waals surface area contributed by atoms with Crippen molar-refractivity contribution in [3.63, 3.8) is 0 Å². The highest BCUT2D eigenvalue weighted by Gasteiger charge is 2.37. The van der Waals surface area contributed by atoms with Gasteiger partial charge in [0.05, 0.1) is 0 Å². The third-order valence-electron chi connectivity index (χ3n) is 3.69. The molecule has 116 valence electrons. The summed E-state index contributed by atoms with van der Waals surface area (Å²) in [6, 6.07) is 14.3. The van der Waals surface area contributed by atoms with E-state index in [0.717, 1.165) is 4.90 Å². The van der Waals surface area contributed by atoms with Gasteiger partial charge in [0.1, 0.15) is 6.04 Å². The largest absolute Gasteiger partial charge is 0.322 e. The number of nitrogens with one attached hydrogen (secondary N) is 2. The molecule has 6 nitrogen and oxygen atoms in total. The van der Waals surface area contributed by atoms with Crippen LogP contribution in [0, 0.1) is 0 Å². The van der Waals surface area contributed by atoms with Gasteiger partial charge < -0.3 is 10.6 Å². The Labute approximate surface area is 133 Å². The van der Waals surface area contributed by atoms with Gasteiger partial charge in [-0.2, -0.15) is 0 Å². The number of hydrogen-bond donors (Lipinski definition) is 2. The molecule has 0 radical (unpaired) electrons. The Balaban J connectivity index is 1.84. The van der Waals surface area contributed by atoms with Crippen molar-refractivity contribution < 1.29 is 14.4 Å². The monoisotopic (exact) mass is 309 g/mol. The Morgan fingerprint density at radius 2 is 1.65 bits per heavy atom. The zero-order valence-electron chi connectivity index (χ0n) is 12.4. The van der Waals surface area contributed by atoms with E-state index in [9.17, 15) is 14.4 Å². The van der Waals surface area contributed by atoms with E-state index >= 15 is 0 Å². The van der Waals surface area contributed by atoms with E-state index in [0.29, 0.717) is 16.8 Å². The molecule has 1 atom stereocenters. The number of amides is 4. The van der Waals surface area contributed by atoms with Gasteiger partial charge in [0.15, 0.2) is 0 Å². The van der Waals surface area contributed by atoms with Gasteiger partial charge >= 0.3 is 6.03 Å². The lowest BCUT2D eigenvalue weighted by atomic mass is 9.94. The summed E-state index contributed by atoms with van der Waals surface area (Å²) in [6.45, 7) is 0. The first kappa shape index (κ1) is 14.8. The van der Waals surface area contributed by atoms with E-state index in [1.54, 1.807) is 48.5 Å². The minimum atomic E-state index is -0.891. The second-order valence-electron chi connectivity index (χ2n) is 5.19. The number of likely N-dealkylation sites (N-methyl/N-ethyl adjacent to an activating group) is 1. The fourth-order valence-corrected chi connectivity index (χ4v) is 2.51. The highest BCUT2D eigenvalue weighted by molar-refractivity contribution is 6.12. The molecule has 4 amide bonds. The van der Waals surface area contributed by atoms with Crippen LogP contribution in [0.4, 0.5) is 10.5 Å². The number of rotatable bonds is 2. The van der Waals surface area contributed by atoms with Gasteiger partial charge in [-0.05, 0) is 23.8 Å². The maximum absolute atomic E-state index is 12.3. The van der Waals surface area contributed by atoms with Crippen LogP contribution in [-0.4, -0.2) is 29.8 Å². The maximum Gasteiger partial charge on any atom is 0.320 e. The van der Waals surface area contributed by atoms with Crippen molar-refractivity contribution in [1.82, 2.24) is 10.2 Å². The first-order valence-corrected chi connectivity index (χ1v) is 7.11. The van der Waals surface area contributed by atoms with Crippen molar-refractivity contribution >= 4 is 23.5 Å². The van der Waals surface area contributed by atoms with Crippen LogP contribution < -0.4 is 10.6 Å². The van der Waals surface area contributed by atoms with Gasteiger partial charge in [-0.15, -0.1) is 0 Å². The molecule has 0 aliphatic carbocycles. The van der Waals surface area contributed by atoms with Crippen LogP contribution in [0.25, 0.3) is 0 Å². The van der Waals surface area contributed by atoms with Crippen LogP contribution in [0.1, 0.15) is 22.0 Å². The molecule has 2 aromatic carbocycles. The lowest BCUT2D eigenvalue weighted by Crippen LogP contribution is -2.49. The third kappa shape index (κ3) is 2.78. The molecule has 1 heterocycles. The summed E-state index contributed by atoms with van der Waals surface area (Å²) in [5, 5.41) is 5.29. The summed E-state index contributed by atoms with van der Waals surface area (Å²) in [5.74, 6) is -0.830. The Morgan fingerprint density at radius 1 is 1.00 bits per heavy atom. The number of carbonyl (C=O) groups is 3. The lowest BCUT2D eigenvalue weighted by molar-refractivity contribution is -0.130. The Morgan fingerprint density at radius 3 is 2.39 bits per heavy atom. The first-order valence-electron chi connectivity index (χ1n) is 7.11. The van der Waals surface area contributed by atoms with Gasteiger partial charge in [0.2, 0.25) is 0 Å². The smallest absolute Gasteiger partial charge is 0.320 e. The summed E-state index contributed by atoms with van der Waals surface area (Å²) < 4.78 is 0. The van der Waals surface area contributed by atoms with Crippen LogP contribution in [0.5, 0.6) is 0 Å². The quantitative estimate of drug-likeness (QED) is 0.834. The standard InChI is InChI=1S/C17H15N3O3/c1-20-15(21)13-10-6-5-9-12(13)14(16(20)22)19-17(23)18-11-7-3-2-4-8-11/h2-10,14H,1H3,(H2,18,19,23). The third-order valence-corrected chi connectivity index (χ3v) is 3.69. The van der Waals surface area contributed by atoms with Crippen LogP contribution in [0.2, 0.25) is 0 Å². The Hall–Kier alpha value is -3.15. The van der Waals surface area contributed by atoms with E-state index in [1.807, 2.05) is 6.07 Å². The first-order chi connectivity index (χ1) is 11.1. The van der Waals surface area contributed by atoms with Crippen LogP contribution in [0.3, 0.4) is 0 Å². The summed E-state index contributed by atoms with van der Waals surface area (Å²) in [4.78, 5) is 37.6. The minimum Gasteiger partial charge on any atom is -0.322 e. The van der Waals surface area contributed by atoms with Gasteiger partial charge in [-0.1, -0.05) is 36.4 Å². The van der Waals surface area contributed by atoms with Crippen molar-refractivity contribution in [3.05, 3.63) is 65.7 Å². The fraction of sp³-hybridized carbons (Fsp3) is 0.118. The van der Waals surface area contributed by atoms with Crippen molar-refractivity contribution in [3.8, 4) is 0 Å². The molecule has 1 unspecified atom stereocenters. The van der Waals surface area contributed by atoms with Crippen molar-refractivity contribution in [2.24, 2.45) is 0 Å². The van der Waals surface area contributed by atoms with E-state index < -0.39 is 18.0 Å². The second-order valence-corrected chi connectivity index (χ2v) is 5.19. The van der Waals surface area contributed by atoms with E-state index in [2.05, 4.69) is 10.6 Å². The number of benzene rings is 2. The van der Waals surface area contributed by atoms with E-state index in [-0.39, 0.29) is 5.91 Å². The van der Waals surface area contributed by atoms with Gasteiger partial charge in [0.25, 0.3) is 11.8 Å². The van der Waals surface area contributed by atoms with Gasteiger partial charge in [-0.25, -0.2) is 4.79 Å². The van der Waals surface area contributed by atoms with Gasteiger partial charge in [0, 0.05) is 18.3 Å². The van der Waals surface area contributed by atoms with Crippen LogP contribution in [-0.2, 0) is 4.79 Å². The van der Waals surface area contributed by atoms with Crippen molar-refractivity contribution in [2.45, 2.75) is 6.04 Å². The average Bonchev–Trinajstić information content (AvgIpc) is 2.57. The predicted octanol–water partition coefficient (Wildman–Crippen LogP) is 2.16. The molecular weight excluding hydrogens is 294 g/mol. The molecule has 3 rings (SSSR count). The number of fused-ring (bicyclic) bond motifs is 1. The van der Waals surface area contributed by atoms with E-state index in [4.69, 9.17) is 0 Å².